The third-order valence-corrected chi connectivity index (χ3v) is 10.5. The van der Waals surface area contributed by atoms with Gasteiger partial charge in [-0.2, -0.15) is 0 Å². The zero-order valence-electron chi connectivity index (χ0n) is 18.9. The lowest BCUT2D eigenvalue weighted by atomic mass is 9.43. The number of methoxy groups -OCH3 is 1. The van der Waals surface area contributed by atoms with Gasteiger partial charge < -0.3 is 14.9 Å². The van der Waals surface area contributed by atoms with Crippen molar-refractivity contribution in [3.63, 3.8) is 0 Å². The molecule has 10 atom stereocenters. The second-order valence-corrected chi connectivity index (χ2v) is 11.5. The van der Waals surface area contributed by atoms with Gasteiger partial charge in [0.25, 0.3) is 0 Å². The van der Waals surface area contributed by atoms with E-state index in [0.717, 1.165) is 38.0 Å². The molecule has 2 N–H and O–H groups in total. The van der Waals surface area contributed by atoms with Crippen LogP contribution in [0.3, 0.4) is 0 Å². The summed E-state index contributed by atoms with van der Waals surface area (Å²) in [6.07, 6.45) is 9.86. The van der Waals surface area contributed by atoms with Gasteiger partial charge in [-0.15, -0.1) is 0 Å². The first-order valence-corrected chi connectivity index (χ1v) is 12.1. The molecule has 4 rings (SSSR count). The van der Waals surface area contributed by atoms with Crippen molar-refractivity contribution in [3.8, 4) is 0 Å². The van der Waals surface area contributed by atoms with Crippen LogP contribution in [-0.2, 0) is 9.53 Å². The van der Waals surface area contributed by atoms with Gasteiger partial charge >= 0.3 is 5.97 Å². The van der Waals surface area contributed by atoms with Crippen molar-refractivity contribution in [3.05, 3.63) is 0 Å². The van der Waals surface area contributed by atoms with E-state index in [1.807, 2.05) is 0 Å². The fourth-order valence-electron chi connectivity index (χ4n) is 8.81. The largest absolute Gasteiger partial charge is 0.469 e. The lowest BCUT2D eigenvalue weighted by Gasteiger charge is -2.62. The van der Waals surface area contributed by atoms with Crippen LogP contribution in [0, 0.1) is 46.3 Å². The number of hydrogen-bond acceptors (Lipinski definition) is 4. The average molecular weight is 407 g/mol. The van der Waals surface area contributed by atoms with Crippen molar-refractivity contribution < 1.29 is 19.7 Å². The number of fused-ring (bicyclic) bond motifs is 5. The molecule has 0 aromatic rings. The van der Waals surface area contributed by atoms with Crippen molar-refractivity contribution in [2.24, 2.45) is 46.3 Å². The zero-order valence-corrected chi connectivity index (χ0v) is 18.9. The van der Waals surface area contributed by atoms with Gasteiger partial charge in [0, 0.05) is 6.42 Å². The van der Waals surface area contributed by atoms with E-state index in [1.54, 1.807) is 0 Å². The fraction of sp³-hybridized carbons (Fsp3) is 0.960. The zero-order chi connectivity index (χ0) is 21.0. The summed E-state index contributed by atoms with van der Waals surface area (Å²) >= 11 is 0. The molecule has 4 heteroatoms. The number of carbonyl (C=O) groups excluding carboxylic acids is 1. The molecule has 166 valence electrons. The van der Waals surface area contributed by atoms with Crippen LogP contribution in [0.15, 0.2) is 0 Å². The summed E-state index contributed by atoms with van der Waals surface area (Å²) in [6, 6.07) is 0. The SMILES string of the molecule is COC(=O)CC[C@H](C)[C@@H]1CC[C@@H]2[C@@H]3CC[C@@H]4C[C@H](O)CC[C@]4(C)[C@H]3C[C@H](O)[C@]21C. The Bertz CT molecular complexity index is 620. The Morgan fingerprint density at radius 2 is 1.83 bits per heavy atom. The minimum Gasteiger partial charge on any atom is -0.469 e. The first-order chi connectivity index (χ1) is 13.7. The summed E-state index contributed by atoms with van der Waals surface area (Å²) in [5.74, 6) is 3.36. The lowest BCUT2D eigenvalue weighted by molar-refractivity contribution is -0.175. The van der Waals surface area contributed by atoms with Crippen LogP contribution in [0.2, 0.25) is 0 Å². The van der Waals surface area contributed by atoms with Crippen molar-refractivity contribution >= 4 is 5.97 Å². The summed E-state index contributed by atoms with van der Waals surface area (Å²) < 4.78 is 4.85. The van der Waals surface area contributed by atoms with Gasteiger partial charge in [0.05, 0.1) is 19.3 Å². The molecule has 0 amide bonds. The Balaban J connectivity index is 1.53. The van der Waals surface area contributed by atoms with E-state index in [4.69, 9.17) is 4.74 Å². The molecule has 0 saturated heterocycles. The highest BCUT2D eigenvalue weighted by Gasteiger charge is 2.63. The maximum Gasteiger partial charge on any atom is 0.305 e. The van der Waals surface area contributed by atoms with Crippen molar-refractivity contribution in [2.45, 2.75) is 97.2 Å². The van der Waals surface area contributed by atoms with Crippen LogP contribution in [0.5, 0.6) is 0 Å². The second kappa shape index (κ2) is 7.82. The highest BCUT2D eigenvalue weighted by atomic mass is 16.5. The summed E-state index contributed by atoms with van der Waals surface area (Å²) in [5, 5.41) is 21.8. The third kappa shape index (κ3) is 3.37. The molecule has 0 aliphatic heterocycles. The first kappa shape index (κ1) is 21.6. The molecule has 0 spiro atoms. The Morgan fingerprint density at radius 3 is 2.55 bits per heavy atom. The number of rotatable bonds is 4. The predicted octanol–water partition coefficient (Wildman–Crippen LogP) is 4.57. The fourth-order valence-corrected chi connectivity index (χ4v) is 8.81. The van der Waals surface area contributed by atoms with E-state index in [0.29, 0.717) is 41.4 Å². The minimum atomic E-state index is -0.246. The highest BCUT2D eigenvalue weighted by molar-refractivity contribution is 5.69. The summed E-state index contributed by atoms with van der Waals surface area (Å²) in [7, 11) is 1.46. The van der Waals surface area contributed by atoms with Gasteiger partial charge in [-0.25, -0.2) is 0 Å². The number of aliphatic hydroxyl groups excluding tert-OH is 2. The van der Waals surface area contributed by atoms with E-state index >= 15 is 0 Å². The van der Waals surface area contributed by atoms with Crippen molar-refractivity contribution in [1.82, 2.24) is 0 Å². The molecule has 0 unspecified atom stereocenters. The standard InChI is InChI=1S/C25H42O4/c1-15(5-10-23(28)29-4)19-8-9-20-18-7-6-16-13-17(26)11-12-24(16,2)21(18)14-22(27)25(19,20)3/h15-22,26-27H,5-14H2,1-4H3/t15-,16+,17+,18-,19-,20+,21-,22-,24-,25-/m0/s1. The smallest absolute Gasteiger partial charge is 0.305 e. The third-order valence-electron chi connectivity index (χ3n) is 10.5. The van der Waals surface area contributed by atoms with Crippen LogP contribution in [0.1, 0.15) is 85.0 Å². The van der Waals surface area contributed by atoms with Gasteiger partial charge in [-0.05, 0) is 104 Å². The molecule has 29 heavy (non-hydrogen) atoms. The molecule has 0 radical (unpaired) electrons. The van der Waals surface area contributed by atoms with E-state index in [9.17, 15) is 15.0 Å². The molecule has 0 heterocycles. The first-order valence-electron chi connectivity index (χ1n) is 12.1. The molecule has 4 aliphatic carbocycles. The quantitative estimate of drug-likeness (QED) is 0.671. The molecule has 0 aromatic carbocycles. The molecule has 4 nitrogen and oxygen atoms in total. The van der Waals surface area contributed by atoms with Gasteiger partial charge in [0.15, 0.2) is 0 Å². The molecule has 0 aromatic heterocycles. The lowest BCUT2D eigenvalue weighted by Crippen LogP contribution is -2.58. The van der Waals surface area contributed by atoms with Crippen LogP contribution in [-0.4, -0.2) is 35.5 Å². The van der Waals surface area contributed by atoms with Crippen LogP contribution in [0.25, 0.3) is 0 Å². The Hall–Kier alpha value is -0.610. The van der Waals surface area contributed by atoms with E-state index in [-0.39, 0.29) is 23.6 Å². The summed E-state index contributed by atoms with van der Waals surface area (Å²) in [6.45, 7) is 7.12. The number of esters is 1. The van der Waals surface area contributed by atoms with Crippen LogP contribution in [0.4, 0.5) is 0 Å². The van der Waals surface area contributed by atoms with Gasteiger partial charge in [-0.1, -0.05) is 20.8 Å². The Labute approximate surface area is 176 Å². The minimum absolute atomic E-state index is 0.0198. The van der Waals surface area contributed by atoms with E-state index in [1.165, 1.54) is 32.8 Å². The molecule has 4 saturated carbocycles. The highest BCUT2D eigenvalue weighted by Crippen LogP contribution is 2.68. The maximum absolute atomic E-state index is 11.6. The van der Waals surface area contributed by atoms with Crippen LogP contribution < -0.4 is 0 Å². The van der Waals surface area contributed by atoms with Crippen molar-refractivity contribution in [1.29, 1.82) is 0 Å². The summed E-state index contributed by atoms with van der Waals surface area (Å²) in [5.41, 5.74) is 0.271. The van der Waals surface area contributed by atoms with Crippen LogP contribution >= 0.6 is 0 Å². The molecule has 0 bridgehead atoms. The maximum atomic E-state index is 11.6. The average Bonchev–Trinajstić information content (AvgIpc) is 3.06. The molecule has 4 aliphatic rings. The van der Waals surface area contributed by atoms with E-state index in [2.05, 4.69) is 20.8 Å². The number of hydrogen-bond donors (Lipinski definition) is 2. The molecular formula is C25H42O4. The predicted molar refractivity (Wildman–Crippen MR) is 113 cm³/mol. The number of aliphatic hydroxyl groups is 2. The number of ether oxygens (including phenoxy) is 1. The Kier molecular flexibility index (Phi) is 5.83. The Morgan fingerprint density at radius 1 is 1.07 bits per heavy atom. The molecular weight excluding hydrogens is 364 g/mol. The monoisotopic (exact) mass is 406 g/mol. The summed E-state index contributed by atoms with van der Waals surface area (Å²) in [4.78, 5) is 11.6. The van der Waals surface area contributed by atoms with Gasteiger partial charge in [-0.3, -0.25) is 4.79 Å². The number of carbonyl (C=O) groups is 1. The van der Waals surface area contributed by atoms with E-state index < -0.39 is 0 Å². The second-order valence-electron chi connectivity index (χ2n) is 11.5. The van der Waals surface area contributed by atoms with Gasteiger partial charge in [0.2, 0.25) is 0 Å². The van der Waals surface area contributed by atoms with Gasteiger partial charge in [0.1, 0.15) is 0 Å². The van der Waals surface area contributed by atoms with Crippen molar-refractivity contribution in [2.75, 3.05) is 7.11 Å². The molecule has 4 fully saturated rings. The normalized spacial score (nSPS) is 50.2. The topological polar surface area (TPSA) is 66.8 Å².